The predicted molar refractivity (Wildman–Crippen MR) is 79.0 cm³/mol. The number of ether oxygens (including phenoxy) is 1. The highest BCUT2D eigenvalue weighted by molar-refractivity contribution is 5.83. The molecule has 3 rings (SSSR count). The minimum Gasteiger partial charge on any atom is -0.467 e. The number of methoxy groups -OCH3 is 1. The fraction of sp³-hybridized carbons (Fsp3) is 0.529. The van der Waals surface area contributed by atoms with Crippen molar-refractivity contribution >= 4 is 11.9 Å². The van der Waals surface area contributed by atoms with Crippen LogP contribution in [0, 0.1) is 5.92 Å². The van der Waals surface area contributed by atoms with Gasteiger partial charge in [-0.3, -0.25) is 4.79 Å². The van der Waals surface area contributed by atoms with Gasteiger partial charge in [0.15, 0.2) is 0 Å². The molecule has 1 aliphatic carbocycles. The lowest BCUT2D eigenvalue weighted by atomic mass is 10.1. The van der Waals surface area contributed by atoms with E-state index < -0.39 is 11.6 Å². The Morgan fingerprint density at radius 2 is 2.09 bits per heavy atom. The van der Waals surface area contributed by atoms with Gasteiger partial charge in [0.1, 0.15) is 0 Å². The third-order valence-corrected chi connectivity index (χ3v) is 4.71. The summed E-state index contributed by atoms with van der Waals surface area (Å²) >= 11 is 0. The van der Waals surface area contributed by atoms with E-state index in [-0.39, 0.29) is 25.4 Å². The Morgan fingerprint density at radius 1 is 1.36 bits per heavy atom. The molecule has 1 saturated heterocycles. The maximum absolute atomic E-state index is 14.3. The van der Waals surface area contributed by atoms with E-state index in [1.54, 1.807) is 0 Å². The van der Waals surface area contributed by atoms with Crippen molar-refractivity contribution in [3.05, 3.63) is 35.9 Å². The van der Waals surface area contributed by atoms with Crippen molar-refractivity contribution in [3.8, 4) is 0 Å². The van der Waals surface area contributed by atoms with Gasteiger partial charge in [-0.2, -0.15) is 0 Å². The summed E-state index contributed by atoms with van der Waals surface area (Å²) in [5.74, 6) is -0.172. The Balaban J connectivity index is 1.53. The van der Waals surface area contributed by atoms with Gasteiger partial charge in [0.25, 0.3) is 0 Å². The van der Waals surface area contributed by atoms with Gasteiger partial charge in [-0.15, -0.1) is 0 Å². The molecule has 1 unspecified atom stereocenters. The molecular formula is C17H20FNO3. The minimum atomic E-state index is -2.03. The zero-order valence-electron chi connectivity index (χ0n) is 12.6. The molecule has 0 aromatic heterocycles. The number of rotatable bonds is 4. The molecule has 1 aromatic rings. The molecule has 2 aliphatic rings. The van der Waals surface area contributed by atoms with E-state index in [2.05, 4.69) is 16.9 Å². The molecule has 1 saturated carbocycles. The van der Waals surface area contributed by atoms with E-state index in [1.165, 1.54) is 17.6 Å². The van der Waals surface area contributed by atoms with Crippen LogP contribution in [0.4, 0.5) is 4.39 Å². The monoisotopic (exact) mass is 305 g/mol. The fourth-order valence-corrected chi connectivity index (χ4v) is 3.27. The van der Waals surface area contributed by atoms with Crippen LogP contribution >= 0.6 is 0 Å². The van der Waals surface area contributed by atoms with Crippen LogP contribution in [0.25, 0.3) is 0 Å². The molecule has 2 fully saturated rings. The molecule has 5 heteroatoms. The number of benzene rings is 1. The SMILES string of the molecule is COC(=O)C1(F)CCN(C(=O)C[C@@H]2C[C@H]2c2ccccc2)C1. The molecule has 1 amide bonds. The summed E-state index contributed by atoms with van der Waals surface area (Å²) in [6, 6.07) is 10.1. The van der Waals surface area contributed by atoms with Gasteiger partial charge in [0.2, 0.25) is 11.6 Å². The molecule has 118 valence electrons. The number of hydrogen-bond acceptors (Lipinski definition) is 3. The number of hydrogen-bond donors (Lipinski definition) is 0. The van der Waals surface area contributed by atoms with Gasteiger partial charge in [0.05, 0.1) is 13.7 Å². The highest BCUT2D eigenvalue weighted by Gasteiger charge is 2.49. The van der Waals surface area contributed by atoms with Crippen LogP contribution in [0.5, 0.6) is 0 Å². The van der Waals surface area contributed by atoms with E-state index in [1.807, 2.05) is 18.2 Å². The molecule has 3 atom stereocenters. The second-order valence-electron chi connectivity index (χ2n) is 6.24. The van der Waals surface area contributed by atoms with Gasteiger partial charge >= 0.3 is 5.97 Å². The quantitative estimate of drug-likeness (QED) is 0.802. The molecule has 22 heavy (non-hydrogen) atoms. The van der Waals surface area contributed by atoms with Crippen molar-refractivity contribution in [2.45, 2.75) is 30.8 Å². The van der Waals surface area contributed by atoms with Crippen molar-refractivity contribution in [2.24, 2.45) is 5.92 Å². The van der Waals surface area contributed by atoms with Gasteiger partial charge in [-0.25, -0.2) is 9.18 Å². The second kappa shape index (κ2) is 5.71. The summed E-state index contributed by atoms with van der Waals surface area (Å²) < 4.78 is 18.8. The van der Waals surface area contributed by atoms with Crippen LogP contribution in [0.1, 0.15) is 30.7 Å². The Labute approximate surface area is 129 Å². The topological polar surface area (TPSA) is 46.6 Å². The number of esters is 1. The van der Waals surface area contributed by atoms with Crippen molar-refractivity contribution in [1.29, 1.82) is 0 Å². The molecule has 4 nitrogen and oxygen atoms in total. The average Bonchev–Trinajstić information content (AvgIpc) is 3.18. The first-order valence-electron chi connectivity index (χ1n) is 7.63. The van der Waals surface area contributed by atoms with E-state index in [4.69, 9.17) is 0 Å². The highest BCUT2D eigenvalue weighted by atomic mass is 19.1. The summed E-state index contributed by atoms with van der Waals surface area (Å²) in [7, 11) is 1.17. The molecule has 0 radical (unpaired) electrons. The van der Waals surface area contributed by atoms with Crippen molar-refractivity contribution in [2.75, 3.05) is 20.2 Å². The number of likely N-dealkylation sites (tertiary alicyclic amines) is 1. The maximum Gasteiger partial charge on any atom is 0.345 e. The standard InChI is InChI=1S/C17H20FNO3/c1-22-16(21)17(18)7-8-19(11-17)15(20)10-13-9-14(13)12-5-3-2-4-6-12/h2-6,13-14H,7-11H2,1H3/t13-,14-,17?/m0/s1. The van der Waals surface area contributed by atoms with E-state index in [9.17, 15) is 14.0 Å². The summed E-state index contributed by atoms with van der Waals surface area (Å²) in [6.07, 6.45) is 1.45. The third-order valence-electron chi connectivity index (χ3n) is 4.71. The third kappa shape index (κ3) is 2.85. The minimum absolute atomic E-state index is 0.0260. The Hall–Kier alpha value is -1.91. The van der Waals surface area contributed by atoms with E-state index in [0.717, 1.165) is 6.42 Å². The van der Waals surface area contributed by atoms with Crippen molar-refractivity contribution in [1.82, 2.24) is 4.90 Å². The van der Waals surface area contributed by atoms with Crippen LogP contribution in [0.2, 0.25) is 0 Å². The van der Waals surface area contributed by atoms with Gasteiger partial charge in [-0.1, -0.05) is 30.3 Å². The second-order valence-corrected chi connectivity index (χ2v) is 6.24. The molecule has 1 heterocycles. The van der Waals surface area contributed by atoms with Crippen molar-refractivity contribution < 1.29 is 18.7 Å². The Kier molecular flexibility index (Phi) is 3.89. The molecule has 0 N–H and O–H groups in total. The Morgan fingerprint density at radius 3 is 2.77 bits per heavy atom. The number of nitrogens with zero attached hydrogens (tertiary/aromatic N) is 1. The summed E-state index contributed by atoms with van der Waals surface area (Å²) in [5.41, 5.74) is -0.775. The number of alkyl halides is 1. The first-order chi connectivity index (χ1) is 10.5. The first-order valence-corrected chi connectivity index (χ1v) is 7.63. The van der Waals surface area contributed by atoms with Gasteiger partial charge in [-0.05, 0) is 23.8 Å². The Bertz CT molecular complexity index is 577. The van der Waals surface area contributed by atoms with E-state index in [0.29, 0.717) is 18.3 Å². The molecule has 0 bridgehead atoms. The van der Waals surface area contributed by atoms with Crippen LogP contribution in [0.3, 0.4) is 0 Å². The smallest absolute Gasteiger partial charge is 0.345 e. The summed E-state index contributed by atoms with van der Waals surface area (Å²) in [4.78, 5) is 25.2. The van der Waals surface area contributed by atoms with Gasteiger partial charge in [0, 0.05) is 19.4 Å². The molecule has 1 aliphatic heterocycles. The van der Waals surface area contributed by atoms with Crippen LogP contribution in [0.15, 0.2) is 30.3 Å². The number of carbonyl (C=O) groups excluding carboxylic acids is 2. The maximum atomic E-state index is 14.3. The van der Waals surface area contributed by atoms with Crippen LogP contribution in [-0.2, 0) is 14.3 Å². The lowest BCUT2D eigenvalue weighted by Crippen LogP contribution is -2.39. The lowest BCUT2D eigenvalue weighted by Gasteiger charge is -2.19. The summed E-state index contributed by atoms with van der Waals surface area (Å²) in [5, 5.41) is 0. The number of halogens is 1. The largest absolute Gasteiger partial charge is 0.467 e. The van der Waals surface area contributed by atoms with E-state index >= 15 is 0 Å². The number of carbonyl (C=O) groups is 2. The lowest BCUT2D eigenvalue weighted by molar-refractivity contribution is -0.154. The predicted octanol–water partition coefficient (Wildman–Crippen LogP) is 2.29. The summed E-state index contributed by atoms with van der Waals surface area (Å²) in [6.45, 7) is 0.106. The normalized spacial score (nSPS) is 30.2. The zero-order valence-corrected chi connectivity index (χ0v) is 12.6. The number of amides is 1. The molecule has 1 aromatic carbocycles. The fourth-order valence-electron chi connectivity index (χ4n) is 3.27. The zero-order chi connectivity index (χ0) is 15.7. The molecule has 0 spiro atoms. The molecular weight excluding hydrogens is 285 g/mol. The van der Waals surface area contributed by atoms with Crippen LogP contribution < -0.4 is 0 Å². The highest BCUT2D eigenvalue weighted by Crippen LogP contribution is 2.49. The van der Waals surface area contributed by atoms with Crippen LogP contribution in [-0.4, -0.2) is 42.6 Å². The van der Waals surface area contributed by atoms with Crippen molar-refractivity contribution in [3.63, 3.8) is 0 Å². The average molecular weight is 305 g/mol. The van der Waals surface area contributed by atoms with Gasteiger partial charge < -0.3 is 9.64 Å². The first kappa shape index (κ1) is 15.0.